The number of nitriles is 1. The van der Waals surface area contributed by atoms with Gasteiger partial charge in [-0.15, -0.1) is 0 Å². The van der Waals surface area contributed by atoms with Crippen molar-refractivity contribution in [3.63, 3.8) is 0 Å². The Labute approximate surface area is 162 Å². The Kier molecular flexibility index (Phi) is 5.47. The average Bonchev–Trinajstić information content (AvgIpc) is 2.71. The molecule has 0 aliphatic rings. The monoisotopic (exact) mass is 370 g/mol. The lowest BCUT2D eigenvalue weighted by Gasteiger charge is -2.09. The van der Waals surface area contributed by atoms with Gasteiger partial charge in [0.15, 0.2) is 0 Å². The number of carbonyl (C=O) groups is 2. The number of pyridine rings is 1. The molecule has 0 atom stereocenters. The highest BCUT2D eigenvalue weighted by Crippen LogP contribution is 2.16. The summed E-state index contributed by atoms with van der Waals surface area (Å²) in [6.45, 7) is 3.97. The van der Waals surface area contributed by atoms with Gasteiger partial charge in [-0.25, -0.2) is 0 Å². The van der Waals surface area contributed by atoms with Gasteiger partial charge < -0.3 is 10.6 Å². The molecule has 0 saturated heterocycles. The minimum absolute atomic E-state index is 0.107. The largest absolute Gasteiger partial charge is 0.322 e. The SMILES string of the molecule is Cc1ccc(NC(=O)c2ccnc(C(=O)Nc3cccc(C#N)c3)c2)cc1C. The Morgan fingerprint density at radius 2 is 1.64 bits per heavy atom. The average molecular weight is 370 g/mol. The van der Waals surface area contributed by atoms with Crippen LogP contribution < -0.4 is 10.6 Å². The van der Waals surface area contributed by atoms with E-state index < -0.39 is 5.91 Å². The maximum atomic E-state index is 12.5. The summed E-state index contributed by atoms with van der Waals surface area (Å²) in [6, 6.07) is 17.2. The van der Waals surface area contributed by atoms with Crippen LogP contribution in [-0.2, 0) is 0 Å². The quantitative estimate of drug-likeness (QED) is 0.723. The maximum Gasteiger partial charge on any atom is 0.274 e. The highest BCUT2D eigenvalue weighted by Gasteiger charge is 2.13. The van der Waals surface area contributed by atoms with E-state index in [-0.39, 0.29) is 11.6 Å². The van der Waals surface area contributed by atoms with Crippen molar-refractivity contribution in [2.24, 2.45) is 0 Å². The molecule has 3 rings (SSSR count). The van der Waals surface area contributed by atoms with E-state index in [9.17, 15) is 9.59 Å². The van der Waals surface area contributed by atoms with Crippen molar-refractivity contribution in [1.29, 1.82) is 5.26 Å². The Hall–Kier alpha value is -3.98. The number of hydrogen-bond donors (Lipinski definition) is 2. The molecule has 0 spiro atoms. The number of benzene rings is 2. The van der Waals surface area contributed by atoms with Crippen LogP contribution in [0.15, 0.2) is 60.8 Å². The van der Waals surface area contributed by atoms with Crippen LogP contribution in [0.3, 0.4) is 0 Å². The van der Waals surface area contributed by atoms with Gasteiger partial charge in [-0.3, -0.25) is 14.6 Å². The van der Waals surface area contributed by atoms with Crippen LogP contribution in [0.5, 0.6) is 0 Å². The second kappa shape index (κ2) is 8.14. The normalized spacial score (nSPS) is 10.0. The lowest BCUT2D eigenvalue weighted by atomic mass is 10.1. The number of aryl methyl sites for hydroxylation is 2. The number of carbonyl (C=O) groups excluding carboxylic acids is 2. The third-order valence-electron chi connectivity index (χ3n) is 4.27. The summed E-state index contributed by atoms with van der Waals surface area (Å²) < 4.78 is 0. The van der Waals surface area contributed by atoms with Gasteiger partial charge in [0.2, 0.25) is 0 Å². The molecule has 0 fully saturated rings. The molecular formula is C22H18N4O2. The highest BCUT2D eigenvalue weighted by molar-refractivity contribution is 6.07. The van der Waals surface area contributed by atoms with E-state index in [2.05, 4.69) is 15.6 Å². The molecule has 1 heterocycles. The summed E-state index contributed by atoms with van der Waals surface area (Å²) in [5.41, 5.74) is 4.25. The van der Waals surface area contributed by atoms with Crippen molar-refractivity contribution in [1.82, 2.24) is 4.98 Å². The summed E-state index contributed by atoms with van der Waals surface area (Å²) in [5.74, 6) is -0.790. The van der Waals surface area contributed by atoms with Crippen LogP contribution in [0.25, 0.3) is 0 Å². The van der Waals surface area contributed by atoms with E-state index >= 15 is 0 Å². The number of rotatable bonds is 4. The number of hydrogen-bond acceptors (Lipinski definition) is 4. The molecule has 28 heavy (non-hydrogen) atoms. The third-order valence-corrected chi connectivity index (χ3v) is 4.27. The van der Waals surface area contributed by atoms with Crippen molar-refractivity contribution in [3.05, 3.63) is 88.7 Å². The van der Waals surface area contributed by atoms with E-state index in [1.165, 1.54) is 12.3 Å². The minimum atomic E-state index is -0.462. The van der Waals surface area contributed by atoms with E-state index in [0.717, 1.165) is 11.1 Å². The molecule has 0 aliphatic heterocycles. The summed E-state index contributed by atoms with van der Waals surface area (Å²) in [7, 11) is 0. The fourth-order valence-electron chi connectivity index (χ4n) is 2.58. The lowest BCUT2D eigenvalue weighted by Crippen LogP contribution is -2.17. The molecule has 2 amide bonds. The van der Waals surface area contributed by atoms with E-state index in [1.54, 1.807) is 30.3 Å². The molecule has 0 bridgehead atoms. The summed E-state index contributed by atoms with van der Waals surface area (Å²) in [5, 5.41) is 14.4. The molecule has 6 nitrogen and oxygen atoms in total. The predicted octanol–water partition coefficient (Wildman–Crippen LogP) is 4.07. The maximum absolute atomic E-state index is 12.5. The molecule has 0 radical (unpaired) electrons. The molecule has 0 unspecified atom stereocenters. The summed E-state index contributed by atoms with van der Waals surface area (Å²) >= 11 is 0. The topological polar surface area (TPSA) is 94.9 Å². The summed E-state index contributed by atoms with van der Waals surface area (Å²) in [4.78, 5) is 29.0. The van der Waals surface area contributed by atoms with Crippen molar-refractivity contribution < 1.29 is 9.59 Å². The second-order valence-electron chi connectivity index (χ2n) is 6.33. The molecule has 2 aromatic carbocycles. The van der Waals surface area contributed by atoms with Gasteiger partial charge in [0.05, 0.1) is 11.6 Å². The van der Waals surface area contributed by atoms with Gasteiger partial charge in [0, 0.05) is 23.1 Å². The molecule has 138 valence electrons. The van der Waals surface area contributed by atoms with Gasteiger partial charge in [0.25, 0.3) is 11.8 Å². The number of amides is 2. The van der Waals surface area contributed by atoms with Crippen molar-refractivity contribution in [3.8, 4) is 6.07 Å². The standard InChI is InChI=1S/C22H18N4O2/c1-14-6-7-19(10-15(14)2)25-21(27)17-8-9-24-20(12-17)22(28)26-18-5-3-4-16(11-18)13-23/h3-12H,1-2H3,(H,25,27)(H,26,28). The number of aromatic nitrogens is 1. The predicted molar refractivity (Wildman–Crippen MR) is 107 cm³/mol. The zero-order valence-electron chi connectivity index (χ0n) is 15.5. The van der Waals surface area contributed by atoms with Crippen LogP contribution in [0.4, 0.5) is 11.4 Å². The van der Waals surface area contributed by atoms with Gasteiger partial charge in [-0.05, 0) is 67.4 Å². The molecule has 0 aliphatic carbocycles. The molecule has 2 N–H and O–H groups in total. The van der Waals surface area contributed by atoms with E-state index in [0.29, 0.717) is 22.5 Å². The molecule has 1 aromatic heterocycles. The van der Waals surface area contributed by atoms with Crippen LogP contribution in [-0.4, -0.2) is 16.8 Å². The van der Waals surface area contributed by atoms with Crippen molar-refractivity contribution in [2.75, 3.05) is 10.6 Å². The summed E-state index contributed by atoms with van der Waals surface area (Å²) in [6.07, 6.45) is 1.41. The van der Waals surface area contributed by atoms with Crippen molar-refractivity contribution in [2.45, 2.75) is 13.8 Å². The molecule has 0 saturated carbocycles. The smallest absolute Gasteiger partial charge is 0.274 e. The number of anilines is 2. The zero-order valence-corrected chi connectivity index (χ0v) is 15.5. The fourth-order valence-corrected chi connectivity index (χ4v) is 2.58. The Balaban J connectivity index is 1.75. The number of nitrogens with zero attached hydrogens (tertiary/aromatic N) is 2. The second-order valence-corrected chi connectivity index (χ2v) is 6.33. The van der Waals surface area contributed by atoms with Crippen LogP contribution >= 0.6 is 0 Å². The molecular weight excluding hydrogens is 352 g/mol. The number of nitrogens with one attached hydrogen (secondary N) is 2. The van der Waals surface area contributed by atoms with Crippen molar-refractivity contribution >= 4 is 23.2 Å². The molecule has 6 heteroatoms. The fraction of sp³-hybridized carbons (Fsp3) is 0.0909. The first-order chi connectivity index (χ1) is 13.5. The Morgan fingerprint density at radius 1 is 0.893 bits per heavy atom. The van der Waals surface area contributed by atoms with Gasteiger partial charge >= 0.3 is 0 Å². The molecule has 3 aromatic rings. The first-order valence-electron chi connectivity index (χ1n) is 8.62. The Morgan fingerprint density at radius 3 is 2.39 bits per heavy atom. The minimum Gasteiger partial charge on any atom is -0.322 e. The van der Waals surface area contributed by atoms with Crippen LogP contribution in [0, 0.1) is 25.2 Å². The third kappa shape index (κ3) is 4.40. The van der Waals surface area contributed by atoms with Gasteiger partial charge in [0.1, 0.15) is 5.69 Å². The van der Waals surface area contributed by atoms with E-state index in [4.69, 9.17) is 5.26 Å². The first-order valence-corrected chi connectivity index (χ1v) is 8.62. The highest BCUT2D eigenvalue weighted by atomic mass is 16.2. The van der Waals surface area contributed by atoms with E-state index in [1.807, 2.05) is 38.1 Å². The van der Waals surface area contributed by atoms with Gasteiger partial charge in [-0.1, -0.05) is 12.1 Å². The Bertz CT molecular complexity index is 1100. The zero-order chi connectivity index (χ0) is 20.1. The van der Waals surface area contributed by atoms with Gasteiger partial charge in [-0.2, -0.15) is 5.26 Å². The van der Waals surface area contributed by atoms with Crippen LogP contribution in [0.2, 0.25) is 0 Å². The van der Waals surface area contributed by atoms with Crippen LogP contribution in [0.1, 0.15) is 37.5 Å². The lowest BCUT2D eigenvalue weighted by molar-refractivity contribution is 0.102. The first kappa shape index (κ1) is 18.8.